The number of nitrogens with zero attached hydrogens (tertiary/aromatic N) is 3. The van der Waals surface area contributed by atoms with E-state index in [0.717, 1.165) is 10.7 Å². The third-order valence-electron chi connectivity index (χ3n) is 5.16. The van der Waals surface area contributed by atoms with Crippen molar-refractivity contribution < 1.29 is 18.8 Å². The Morgan fingerprint density at radius 1 is 1.06 bits per heavy atom. The van der Waals surface area contributed by atoms with Crippen LogP contribution < -0.4 is 16.2 Å². The maximum absolute atomic E-state index is 14.2. The monoisotopic (exact) mass is 435 g/mol. The number of nitrogens with one attached hydrogen (secondary N) is 2. The number of hydrogen-bond acceptors (Lipinski definition) is 5. The van der Waals surface area contributed by atoms with Crippen molar-refractivity contribution in [1.82, 2.24) is 25.5 Å². The molecule has 162 valence electrons. The summed E-state index contributed by atoms with van der Waals surface area (Å²) in [5.74, 6) is -2.42. The van der Waals surface area contributed by atoms with Crippen LogP contribution in [0.15, 0.2) is 65.5 Å². The van der Waals surface area contributed by atoms with Gasteiger partial charge in [-0.25, -0.2) is 13.9 Å². The molecule has 2 heterocycles. The number of carbonyl (C=O) groups excluding carboxylic acids is 3. The predicted molar refractivity (Wildman–Crippen MR) is 111 cm³/mol. The lowest BCUT2D eigenvalue weighted by Crippen LogP contribution is -2.49. The van der Waals surface area contributed by atoms with Gasteiger partial charge in [0.15, 0.2) is 5.69 Å². The van der Waals surface area contributed by atoms with Gasteiger partial charge in [0, 0.05) is 11.8 Å². The molecule has 1 unspecified atom stereocenters. The standard InChI is InChI=1S/C22H18FN5O4/c1-13-12-17(29)18(25-27(13)16-11-7-6-10-15(16)23)19(30)26-28-20(31)22(2,24-21(28)32)14-8-4-3-5-9-14/h3-12H,1-2H3,(H,24,32)(H,26,30). The maximum atomic E-state index is 14.2. The summed E-state index contributed by atoms with van der Waals surface area (Å²) in [5.41, 5.74) is 0.231. The van der Waals surface area contributed by atoms with Crippen LogP contribution in [-0.4, -0.2) is 32.6 Å². The Bertz CT molecular complexity index is 1310. The van der Waals surface area contributed by atoms with E-state index in [0.29, 0.717) is 16.3 Å². The van der Waals surface area contributed by atoms with Crippen LogP contribution >= 0.6 is 0 Å². The SMILES string of the molecule is Cc1cc(=O)c(C(=O)NN2C(=O)NC(C)(c3ccccc3)C2=O)nn1-c1ccccc1F. The van der Waals surface area contributed by atoms with Gasteiger partial charge in [0.1, 0.15) is 17.0 Å². The van der Waals surface area contributed by atoms with Crippen molar-refractivity contribution in [3.63, 3.8) is 0 Å². The summed E-state index contributed by atoms with van der Waals surface area (Å²) >= 11 is 0. The number of imide groups is 1. The fourth-order valence-corrected chi connectivity index (χ4v) is 3.43. The molecule has 9 nitrogen and oxygen atoms in total. The molecule has 0 bridgehead atoms. The zero-order chi connectivity index (χ0) is 23.0. The van der Waals surface area contributed by atoms with Crippen LogP contribution in [0, 0.1) is 12.7 Å². The zero-order valence-corrected chi connectivity index (χ0v) is 17.1. The van der Waals surface area contributed by atoms with Gasteiger partial charge < -0.3 is 5.32 Å². The Morgan fingerprint density at radius 2 is 1.72 bits per heavy atom. The number of halogens is 1. The third-order valence-corrected chi connectivity index (χ3v) is 5.16. The quantitative estimate of drug-likeness (QED) is 0.607. The van der Waals surface area contributed by atoms with Crippen molar-refractivity contribution in [3.05, 3.63) is 93.7 Å². The number of carbonyl (C=O) groups is 3. The molecule has 1 saturated heterocycles. The number of hydrogen-bond donors (Lipinski definition) is 2. The minimum atomic E-state index is -1.40. The molecule has 0 spiro atoms. The summed E-state index contributed by atoms with van der Waals surface area (Å²) in [7, 11) is 0. The molecule has 4 rings (SSSR count). The van der Waals surface area contributed by atoms with Crippen molar-refractivity contribution in [1.29, 1.82) is 0 Å². The smallest absolute Gasteiger partial charge is 0.318 e. The highest BCUT2D eigenvalue weighted by Gasteiger charge is 2.50. The van der Waals surface area contributed by atoms with Gasteiger partial charge in [-0.1, -0.05) is 42.5 Å². The van der Waals surface area contributed by atoms with Gasteiger partial charge >= 0.3 is 6.03 Å². The molecule has 32 heavy (non-hydrogen) atoms. The number of amides is 4. The van der Waals surface area contributed by atoms with Crippen LogP contribution in [0.4, 0.5) is 9.18 Å². The second-order valence-corrected chi connectivity index (χ2v) is 7.36. The van der Waals surface area contributed by atoms with Crippen LogP contribution in [0.5, 0.6) is 0 Å². The summed E-state index contributed by atoms with van der Waals surface area (Å²) in [5, 5.41) is 7.02. The van der Waals surface area contributed by atoms with E-state index in [4.69, 9.17) is 0 Å². The van der Waals surface area contributed by atoms with Crippen LogP contribution in [-0.2, 0) is 10.3 Å². The molecule has 2 N–H and O–H groups in total. The van der Waals surface area contributed by atoms with Gasteiger partial charge in [0.25, 0.3) is 11.8 Å². The Kier molecular flexibility index (Phi) is 5.05. The van der Waals surface area contributed by atoms with Gasteiger partial charge in [0.2, 0.25) is 5.43 Å². The molecule has 0 saturated carbocycles. The lowest BCUT2D eigenvalue weighted by atomic mass is 9.92. The number of aromatic nitrogens is 2. The molecule has 0 aliphatic carbocycles. The van der Waals surface area contributed by atoms with Gasteiger partial charge in [0.05, 0.1) is 0 Å². The number of urea groups is 1. The van der Waals surface area contributed by atoms with Crippen molar-refractivity contribution in [3.8, 4) is 5.69 Å². The summed E-state index contributed by atoms with van der Waals surface area (Å²) in [6.07, 6.45) is 0. The van der Waals surface area contributed by atoms with E-state index >= 15 is 0 Å². The van der Waals surface area contributed by atoms with Gasteiger partial charge in [-0.05, 0) is 31.5 Å². The highest BCUT2D eigenvalue weighted by Crippen LogP contribution is 2.27. The summed E-state index contributed by atoms with van der Waals surface area (Å²) in [6, 6.07) is 14.5. The summed E-state index contributed by atoms with van der Waals surface area (Å²) in [4.78, 5) is 50.6. The predicted octanol–water partition coefficient (Wildman–Crippen LogP) is 1.79. The van der Waals surface area contributed by atoms with E-state index in [1.165, 1.54) is 32.0 Å². The Balaban J connectivity index is 1.66. The normalized spacial score (nSPS) is 17.9. The first-order valence-electron chi connectivity index (χ1n) is 9.61. The number of para-hydroxylation sites is 1. The van der Waals surface area contributed by atoms with Crippen LogP contribution in [0.3, 0.4) is 0 Å². The number of rotatable bonds is 4. The highest BCUT2D eigenvalue weighted by atomic mass is 19.1. The molecule has 0 radical (unpaired) electrons. The first-order valence-corrected chi connectivity index (χ1v) is 9.61. The highest BCUT2D eigenvalue weighted by molar-refractivity contribution is 6.09. The Hall–Kier alpha value is -4.34. The topological polar surface area (TPSA) is 113 Å². The molecule has 1 aliphatic rings. The summed E-state index contributed by atoms with van der Waals surface area (Å²) in [6.45, 7) is 3.04. The number of aryl methyl sites for hydroxylation is 1. The summed E-state index contributed by atoms with van der Waals surface area (Å²) < 4.78 is 15.3. The molecule has 3 aromatic rings. The Labute approximate surface area is 181 Å². The second kappa shape index (κ2) is 7.73. The molecular formula is C22H18FN5O4. The largest absolute Gasteiger partial charge is 0.344 e. The van der Waals surface area contributed by atoms with E-state index in [1.807, 2.05) is 0 Å². The van der Waals surface area contributed by atoms with E-state index in [-0.39, 0.29) is 5.69 Å². The molecule has 1 aliphatic heterocycles. The molecule has 4 amide bonds. The Morgan fingerprint density at radius 3 is 2.41 bits per heavy atom. The van der Waals surface area contributed by atoms with E-state index < -0.39 is 40.3 Å². The number of benzene rings is 2. The minimum Gasteiger partial charge on any atom is -0.318 e. The van der Waals surface area contributed by atoms with E-state index in [2.05, 4.69) is 15.8 Å². The van der Waals surface area contributed by atoms with Crippen molar-refractivity contribution in [2.24, 2.45) is 0 Å². The van der Waals surface area contributed by atoms with Crippen LogP contribution in [0.2, 0.25) is 0 Å². The van der Waals surface area contributed by atoms with Crippen molar-refractivity contribution in [2.45, 2.75) is 19.4 Å². The number of hydrazine groups is 1. The van der Waals surface area contributed by atoms with E-state index in [9.17, 15) is 23.6 Å². The average Bonchev–Trinajstić information content (AvgIpc) is 2.99. The average molecular weight is 435 g/mol. The van der Waals surface area contributed by atoms with Crippen molar-refractivity contribution in [2.75, 3.05) is 0 Å². The first kappa shape index (κ1) is 20.9. The fourth-order valence-electron chi connectivity index (χ4n) is 3.43. The molecular weight excluding hydrogens is 417 g/mol. The van der Waals surface area contributed by atoms with E-state index in [1.54, 1.807) is 36.4 Å². The van der Waals surface area contributed by atoms with Crippen LogP contribution in [0.25, 0.3) is 5.69 Å². The lowest BCUT2D eigenvalue weighted by Gasteiger charge is -2.22. The molecule has 1 atom stereocenters. The van der Waals surface area contributed by atoms with Gasteiger partial charge in [-0.15, -0.1) is 0 Å². The molecule has 1 aromatic heterocycles. The fraction of sp³-hybridized carbons (Fsp3) is 0.136. The van der Waals surface area contributed by atoms with Gasteiger partial charge in [-0.2, -0.15) is 10.1 Å². The molecule has 2 aromatic carbocycles. The van der Waals surface area contributed by atoms with Crippen LogP contribution in [0.1, 0.15) is 28.7 Å². The first-order chi connectivity index (χ1) is 15.2. The lowest BCUT2D eigenvalue weighted by molar-refractivity contribution is -0.132. The maximum Gasteiger partial charge on any atom is 0.344 e. The molecule has 1 fully saturated rings. The van der Waals surface area contributed by atoms with Gasteiger partial charge in [-0.3, -0.25) is 19.8 Å². The molecule has 10 heteroatoms. The zero-order valence-electron chi connectivity index (χ0n) is 17.1. The third kappa shape index (κ3) is 3.41. The minimum absolute atomic E-state index is 0.0331. The van der Waals surface area contributed by atoms with Crippen molar-refractivity contribution >= 4 is 17.8 Å². The second-order valence-electron chi connectivity index (χ2n) is 7.36.